The molecule has 0 bridgehead atoms. The lowest BCUT2D eigenvalue weighted by Crippen LogP contribution is -2.31. The summed E-state index contributed by atoms with van der Waals surface area (Å²) in [5.74, 6) is 1.38. The average molecular weight is 303 g/mol. The zero-order valence-corrected chi connectivity index (χ0v) is 13.1. The van der Waals surface area contributed by atoms with Gasteiger partial charge in [0.15, 0.2) is 0 Å². The SMILES string of the molecule is CC1CCC(CNC(=O)c2sc3ncccc3c2N)CC1. The lowest BCUT2D eigenvalue weighted by molar-refractivity contribution is 0.0947. The van der Waals surface area contributed by atoms with Gasteiger partial charge in [0, 0.05) is 18.1 Å². The molecule has 0 saturated heterocycles. The van der Waals surface area contributed by atoms with Crippen molar-refractivity contribution in [3.05, 3.63) is 23.2 Å². The third kappa shape index (κ3) is 3.02. The minimum Gasteiger partial charge on any atom is -0.397 e. The number of anilines is 1. The Kier molecular flexibility index (Phi) is 4.10. The summed E-state index contributed by atoms with van der Waals surface area (Å²) in [7, 11) is 0. The predicted octanol–water partition coefficient (Wildman–Crippen LogP) is 3.43. The summed E-state index contributed by atoms with van der Waals surface area (Å²) in [6.45, 7) is 3.06. The number of nitrogens with zero attached hydrogens (tertiary/aromatic N) is 1. The van der Waals surface area contributed by atoms with E-state index >= 15 is 0 Å². The molecule has 5 heteroatoms. The normalized spacial score (nSPS) is 22.3. The van der Waals surface area contributed by atoms with Crippen molar-refractivity contribution in [3.63, 3.8) is 0 Å². The van der Waals surface area contributed by atoms with Crippen molar-refractivity contribution >= 4 is 33.1 Å². The van der Waals surface area contributed by atoms with E-state index in [0.717, 1.165) is 22.7 Å². The summed E-state index contributed by atoms with van der Waals surface area (Å²) >= 11 is 1.37. The third-order valence-electron chi connectivity index (χ3n) is 4.40. The van der Waals surface area contributed by atoms with Gasteiger partial charge in [-0.3, -0.25) is 4.79 Å². The van der Waals surface area contributed by atoms with Gasteiger partial charge in [-0.1, -0.05) is 19.8 Å². The molecule has 1 fully saturated rings. The Morgan fingerprint density at radius 2 is 2.19 bits per heavy atom. The topological polar surface area (TPSA) is 68.0 Å². The Bertz CT molecular complexity index is 644. The first-order valence-electron chi connectivity index (χ1n) is 7.56. The zero-order chi connectivity index (χ0) is 14.8. The second kappa shape index (κ2) is 6.02. The van der Waals surface area contributed by atoms with Crippen molar-refractivity contribution in [3.8, 4) is 0 Å². The lowest BCUT2D eigenvalue weighted by Gasteiger charge is -2.26. The van der Waals surface area contributed by atoms with E-state index in [1.165, 1.54) is 37.0 Å². The fourth-order valence-corrected chi connectivity index (χ4v) is 3.95. The molecule has 0 aromatic carbocycles. The number of nitrogens with one attached hydrogen (secondary N) is 1. The molecule has 1 saturated carbocycles. The Labute approximate surface area is 128 Å². The smallest absolute Gasteiger partial charge is 0.263 e. The molecule has 0 spiro atoms. The van der Waals surface area contributed by atoms with Crippen LogP contribution in [-0.2, 0) is 0 Å². The number of pyridine rings is 1. The molecule has 3 N–H and O–H groups in total. The van der Waals surface area contributed by atoms with Crippen LogP contribution in [0, 0.1) is 11.8 Å². The molecule has 2 aromatic rings. The zero-order valence-electron chi connectivity index (χ0n) is 12.3. The average Bonchev–Trinajstić information content (AvgIpc) is 2.84. The number of carbonyl (C=O) groups is 1. The second-order valence-electron chi connectivity index (χ2n) is 6.04. The number of rotatable bonds is 3. The number of fused-ring (bicyclic) bond motifs is 1. The molecule has 1 amide bonds. The number of amides is 1. The lowest BCUT2D eigenvalue weighted by atomic mass is 9.83. The van der Waals surface area contributed by atoms with Crippen molar-refractivity contribution in [1.29, 1.82) is 0 Å². The quantitative estimate of drug-likeness (QED) is 0.912. The first-order valence-corrected chi connectivity index (χ1v) is 8.38. The number of carbonyl (C=O) groups excluding carboxylic acids is 1. The van der Waals surface area contributed by atoms with Gasteiger partial charge >= 0.3 is 0 Å². The Balaban J connectivity index is 1.65. The van der Waals surface area contributed by atoms with Crippen molar-refractivity contribution in [2.24, 2.45) is 11.8 Å². The van der Waals surface area contributed by atoms with E-state index in [1.807, 2.05) is 12.1 Å². The van der Waals surface area contributed by atoms with E-state index in [2.05, 4.69) is 17.2 Å². The van der Waals surface area contributed by atoms with E-state index in [4.69, 9.17) is 5.73 Å². The van der Waals surface area contributed by atoms with Crippen LogP contribution in [-0.4, -0.2) is 17.4 Å². The van der Waals surface area contributed by atoms with Crippen LogP contribution in [0.4, 0.5) is 5.69 Å². The van der Waals surface area contributed by atoms with E-state index in [0.29, 0.717) is 16.5 Å². The van der Waals surface area contributed by atoms with Crippen molar-refractivity contribution in [1.82, 2.24) is 10.3 Å². The summed E-state index contributed by atoms with van der Waals surface area (Å²) in [5, 5.41) is 3.92. The molecular weight excluding hydrogens is 282 g/mol. The molecule has 112 valence electrons. The largest absolute Gasteiger partial charge is 0.397 e. The summed E-state index contributed by atoms with van der Waals surface area (Å²) in [5.41, 5.74) is 6.63. The Morgan fingerprint density at radius 3 is 2.90 bits per heavy atom. The molecule has 0 aliphatic heterocycles. The van der Waals surface area contributed by atoms with Gasteiger partial charge < -0.3 is 11.1 Å². The second-order valence-corrected chi connectivity index (χ2v) is 7.04. The van der Waals surface area contributed by atoms with E-state index in [-0.39, 0.29) is 5.91 Å². The molecule has 4 nitrogen and oxygen atoms in total. The summed E-state index contributed by atoms with van der Waals surface area (Å²) in [6, 6.07) is 3.75. The van der Waals surface area contributed by atoms with E-state index in [9.17, 15) is 4.79 Å². The third-order valence-corrected chi connectivity index (χ3v) is 5.53. The van der Waals surface area contributed by atoms with Crippen LogP contribution in [0.15, 0.2) is 18.3 Å². The molecule has 1 aliphatic rings. The number of thiophene rings is 1. The highest BCUT2D eigenvalue weighted by Gasteiger charge is 2.21. The monoisotopic (exact) mass is 303 g/mol. The van der Waals surface area contributed by atoms with E-state index in [1.54, 1.807) is 6.20 Å². The summed E-state index contributed by atoms with van der Waals surface area (Å²) in [6.07, 6.45) is 6.70. The molecular formula is C16H21N3OS. The number of aromatic nitrogens is 1. The highest BCUT2D eigenvalue weighted by atomic mass is 32.1. The molecule has 0 radical (unpaired) electrons. The van der Waals surface area contributed by atoms with Gasteiger partial charge in [-0.05, 0) is 36.8 Å². The summed E-state index contributed by atoms with van der Waals surface area (Å²) < 4.78 is 0. The highest BCUT2D eigenvalue weighted by Crippen LogP contribution is 2.32. The number of hydrogen-bond donors (Lipinski definition) is 2. The van der Waals surface area contributed by atoms with Crippen LogP contribution >= 0.6 is 11.3 Å². The van der Waals surface area contributed by atoms with Crippen molar-refractivity contribution in [2.75, 3.05) is 12.3 Å². The molecule has 3 rings (SSSR count). The van der Waals surface area contributed by atoms with Crippen LogP contribution in [0.25, 0.3) is 10.2 Å². The van der Waals surface area contributed by atoms with Gasteiger partial charge in [0.1, 0.15) is 9.71 Å². The highest BCUT2D eigenvalue weighted by molar-refractivity contribution is 7.21. The van der Waals surface area contributed by atoms with Gasteiger partial charge in [0.25, 0.3) is 5.91 Å². The standard InChI is InChI=1S/C16H21N3OS/c1-10-4-6-11(7-5-10)9-19-15(20)14-13(17)12-3-2-8-18-16(12)21-14/h2-3,8,10-11H,4-7,9,17H2,1H3,(H,19,20). The van der Waals surface area contributed by atoms with Gasteiger partial charge in [-0.25, -0.2) is 4.98 Å². The molecule has 2 aromatic heterocycles. The van der Waals surface area contributed by atoms with Crippen LogP contribution in [0.1, 0.15) is 42.3 Å². The minimum absolute atomic E-state index is 0.0610. The first kappa shape index (κ1) is 14.3. The minimum atomic E-state index is -0.0610. The number of hydrogen-bond acceptors (Lipinski definition) is 4. The van der Waals surface area contributed by atoms with E-state index < -0.39 is 0 Å². The first-order chi connectivity index (χ1) is 10.1. The Hall–Kier alpha value is -1.62. The maximum Gasteiger partial charge on any atom is 0.263 e. The summed E-state index contributed by atoms with van der Waals surface area (Å²) in [4.78, 5) is 18.0. The maximum atomic E-state index is 12.3. The van der Waals surface area contributed by atoms with Crippen molar-refractivity contribution in [2.45, 2.75) is 32.6 Å². The number of nitrogen functional groups attached to an aromatic ring is 1. The van der Waals surface area contributed by atoms with Gasteiger partial charge in [-0.15, -0.1) is 11.3 Å². The van der Waals surface area contributed by atoms with Crippen LogP contribution in [0.5, 0.6) is 0 Å². The fourth-order valence-electron chi connectivity index (χ4n) is 2.97. The number of nitrogens with two attached hydrogens (primary N) is 1. The van der Waals surface area contributed by atoms with Gasteiger partial charge in [0.05, 0.1) is 5.69 Å². The van der Waals surface area contributed by atoms with Gasteiger partial charge in [-0.2, -0.15) is 0 Å². The maximum absolute atomic E-state index is 12.3. The van der Waals surface area contributed by atoms with Crippen LogP contribution in [0.2, 0.25) is 0 Å². The van der Waals surface area contributed by atoms with Crippen molar-refractivity contribution < 1.29 is 4.79 Å². The Morgan fingerprint density at radius 1 is 1.43 bits per heavy atom. The molecule has 0 atom stereocenters. The van der Waals surface area contributed by atoms with Gasteiger partial charge in [0.2, 0.25) is 0 Å². The van der Waals surface area contributed by atoms with Crippen LogP contribution < -0.4 is 11.1 Å². The predicted molar refractivity (Wildman–Crippen MR) is 87.5 cm³/mol. The molecule has 21 heavy (non-hydrogen) atoms. The molecule has 2 heterocycles. The fraction of sp³-hybridized carbons (Fsp3) is 0.500. The molecule has 1 aliphatic carbocycles. The van der Waals surface area contributed by atoms with Crippen LogP contribution in [0.3, 0.4) is 0 Å². The molecule has 0 unspecified atom stereocenters.